The molecule has 0 saturated carbocycles. The van der Waals surface area contributed by atoms with Gasteiger partial charge in [0.2, 0.25) is 0 Å². The van der Waals surface area contributed by atoms with Gasteiger partial charge in [0, 0.05) is 19.0 Å². The molecule has 0 bridgehead atoms. The van der Waals surface area contributed by atoms with E-state index >= 15 is 0 Å². The van der Waals surface area contributed by atoms with Crippen molar-refractivity contribution in [1.29, 1.82) is 0 Å². The fraction of sp³-hybridized carbons (Fsp3) is 0.417. The number of hydrogen-bond donors (Lipinski definition) is 2. The number of carboxylic acid groups (broad SMARTS) is 1. The van der Waals surface area contributed by atoms with E-state index in [1.54, 1.807) is 19.1 Å². The van der Waals surface area contributed by atoms with Gasteiger partial charge < -0.3 is 15.1 Å². The summed E-state index contributed by atoms with van der Waals surface area (Å²) in [7, 11) is 0. The van der Waals surface area contributed by atoms with Crippen molar-refractivity contribution in [3.63, 3.8) is 0 Å². The molecule has 2 rings (SSSR count). The first-order chi connectivity index (χ1) is 8.90. The number of aliphatic hydroxyl groups excluding tert-OH is 1. The second kappa shape index (κ2) is 4.85. The average molecular weight is 266 g/mol. The van der Waals surface area contributed by atoms with Crippen LogP contribution in [0.2, 0.25) is 0 Å². The van der Waals surface area contributed by atoms with Gasteiger partial charge in [-0.1, -0.05) is 6.07 Å². The lowest BCUT2D eigenvalue weighted by molar-refractivity contribution is -0.384. The quantitative estimate of drug-likeness (QED) is 0.623. The van der Waals surface area contributed by atoms with Gasteiger partial charge in [0.25, 0.3) is 5.69 Å². The summed E-state index contributed by atoms with van der Waals surface area (Å²) in [6.07, 6.45) is -0.721. The maximum atomic E-state index is 11.2. The number of hydrogen-bond acceptors (Lipinski definition) is 5. The van der Waals surface area contributed by atoms with E-state index in [1.807, 2.05) is 0 Å². The Labute approximate surface area is 109 Å². The van der Waals surface area contributed by atoms with Gasteiger partial charge in [-0.25, -0.2) is 4.79 Å². The molecule has 7 heteroatoms. The Morgan fingerprint density at radius 2 is 2.21 bits per heavy atom. The molecule has 1 saturated heterocycles. The van der Waals surface area contributed by atoms with Crippen LogP contribution in [0.15, 0.2) is 18.2 Å². The van der Waals surface area contributed by atoms with E-state index in [1.165, 1.54) is 11.0 Å². The number of benzene rings is 1. The first kappa shape index (κ1) is 13.3. The maximum absolute atomic E-state index is 11.2. The van der Waals surface area contributed by atoms with E-state index in [4.69, 9.17) is 5.11 Å². The summed E-state index contributed by atoms with van der Waals surface area (Å²) in [5.41, 5.74) is 0.894. The topological polar surface area (TPSA) is 104 Å². The van der Waals surface area contributed by atoms with E-state index in [0.29, 0.717) is 0 Å². The molecule has 1 heterocycles. The molecular weight excluding hydrogens is 252 g/mol. The lowest BCUT2D eigenvalue weighted by atomic mass is 10.1. The van der Waals surface area contributed by atoms with Gasteiger partial charge >= 0.3 is 5.97 Å². The van der Waals surface area contributed by atoms with Gasteiger partial charge in [-0.05, 0) is 18.6 Å². The van der Waals surface area contributed by atoms with E-state index in [-0.39, 0.29) is 24.3 Å². The Balaban J connectivity index is 2.47. The highest BCUT2D eigenvalue weighted by Crippen LogP contribution is 2.34. The molecule has 2 atom stereocenters. The molecule has 2 unspecified atom stereocenters. The van der Waals surface area contributed by atoms with E-state index < -0.39 is 23.0 Å². The predicted molar refractivity (Wildman–Crippen MR) is 67.2 cm³/mol. The molecule has 0 aliphatic carbocycles. The SMILES string of the molecule is Cc1ccc([N+](=O)[O-])c(N2CC(O)CC2C(=O)O)c1. The van der Waals surface area contributed by atoms with Crippen molar-refractivity contribution in [3.8, 4) is 0 Å². The number of aryl methyl sites for hydroxylation is 1. The van der Waals surface area contributed by atoms with Gasteiger partial charge in [0.15, 0.2) is 0 Å². The number of nitro groups is 1. The highest BCUT2D eigenvalue weighted by atomic mass is 16.6. The number of rotatable bonds is 3. The highest BCUT2D eigenvalue weighted by Gasteiger charge is 2.38. The third-order valence-electron chi connectivity index (χ3n) is 3.20. The molecule has 7 nitrogen and oxygen atoms in total. The maximum Gasteiger partial charge on any atom is 0.326 e. The molecule has 0 spiro atoms. The van der Waals surface area contributed by atoms with Crippen molar-refractivity contribution in [2.24, 2.45) is 0 Å². The van der Waals surface area contributed by atoms with Crippen molar-refractivity contribution in [2.75, 3.05) is 11.4 Å². The molecule has 1 aliphatic heterocycles. The molecule has 0 amide bonds. The molecule has 19 heavy (non-hydrogen) atoms. The van der Waals surface area contributed by atoms with Crippen LogP contribution in [0.4, 0.5) is 11.4 Å². The van der Waals surface area contributed by atoms with Crippen LogP contribution >= 0.6 is 0 Å². The summed E-state index contributed by atoms with van der Waals surface area (Å²) in [4.78, 5) is 23.0. The standard InChI is InChI=1S/C12H14N2O5/c1-7-2-3-9(14(18)19)10(4-7)13-6-8(15)5-11(13)12(16)17/h2-4,8,11,15H,5-6H2,1H3,(H,16,17). The third-order valence-corrected chi connectivity index (χ3v) is 3.20. The Bertz CT molecular complexity index is 531. The third kappa shape index (κ3) is 2.50. The molecule has 102 valence electrons. The second-order valence-corrected chi connectivity index (χ2v) is 4.65. The zero-order valence-electron chi connectivity index (χ0n) is 10.3. The van der Waals surface area contributed by atoms with Gasteiger partial charge in [-0.15, -0.1) is 0 Å². The van der Waals surface area contributed by atoms with Crippen LogP contribution in [-0.2, 0) is 4.79 Å². The number of anilines is 1. The molecular formula is C12H14N2O5. The largest absolute Gasteiger partial charge is 0.480 e. The van der Waals surface area contributed by atoms with Crippen molar-refractivity contribution in [2.45, 2.75) is 25.5 Å². The van der Waals surface area contributed by atoms with Crippen LogP contribution in [0.1, 0.15) is 12.0 Å². The monoisotopic (exact) mass is 266 g/mol. The minimum atomic E-state index is -1.09. The second-order valence-electron chi connectivity index (χ2n) is 4.65. The van der Waals surface area contributed by atoms with Crippen LogP contribution in [0, 0.1) is 17.0 Å². The van der Waals surface area contributed by atoms with Crippen LogP contribution in [0.25, 0.3) is 0 Å². The fourth-order valence-corrected chi connectivity index (χ4v) is 2.33. The molecule has 0 aromatic heterocycles. The van der Waals surface area contributed by atoms with E-state index in [2.05, 4.69) is 0 Å². The molecule has 1 fully saturated rings. The van der Waals surface area contributed by atoms with E-state index in [9.17, 15) is 20.0 Å². The average Bonchev–Trinajstić information content (AvgIpc) is 2.70. The Morgan fingerprint density at radius 1 is 1.53 bits per heavy atom. The zero-order valence-corrected chi connectivity index (χ0v) is 10.3. The van der Waals surface area contributed by atoms with Crippen LogP contribution in [0.3, 0.4) is 0 Å². The minimum Gasteiger partial charge on any atom is -0.480 e. The van der Waals surface area contributed by atoms with Crippen LogP contribution in [-0.4, -0.2) is 39.8 Å². The van der Waals surface area contributed by atoms with Gasteiger partial charge in [0.05, 0.1) is 11.0 Å². The smallest absolute Gasteiger partial charge is 0.326 e. The van der Waals surface area contributed by atoms with Crippen molar-refractivity contribution >= 4 is 17.3 Å². The number of carboxylic acids is 1. The molecule has 0 radical (unpaired) electrons. The summed E-state index contributed by atoms with van der Waals surface area (Å²) in [5, 5.41) is 29.8. The predicted octanol–water partition coefficient (Wildman–Crippen LogP) is 0.927. The first-order valence-electron chi connectivity index (χ1n) is 5.82. The summed E-state index contributed by atoms with van der Waals surface area (Å²) >= 11 is 0. The summed E-state index contributed by atoms with van der Waals surface area (Å²) in [6.45, 7) is 1.86. The molecule has 1 aliphatic rings. The summed E-state index contributed by atoms with van der Waals surface area (Å²) < 4.78 is 0. The molecule has 1 aromatic rings. The number of carbonyl (C=O) groups is 1. The first-order valence-corrected chi connectivity index (χ1v) is 5.82. The molecule has 2 N–H and O–H groups in total. The van der Waals surface area contributed by atoms with Crippen molar-refractivity contribution < 1.29 is 19.9 Å². The van der Waals surface area contributed by atoms with Crippen LogP contribution < -0.4 is 4.90 Å². The van der Waals surface area contributed by atoms with Gasteiger partial charge in [0.1, 0.15) is 11.7 Å². The highest BCUT2D eigenvalue weighted by molar-refractivity contribution is 5.81. The van der Waals surface area contributed by atoms with Crippen molar-refractivity contribution in [3.05, 3.63) is 33.9 Å². The summed E-state index contributed by atoms with van der Waals surface area (Å²) in [6, 6.07) is 3.60. The number of aliphatic hydroxyl groups is 1. The lowest BCUT2D eigenvalue weighted by Crippen LogP contribution is -2.36. The van der Waals surface area contributed by atoms with Gasteiger partial charge in [-0.3, -0.25) is 10.1 Å². The van der Waals surface area contributed by atoms with Gasteiger partial charge in [-0.2, -0.15) is 0 Å². The Kier molecular flexibility index (Phi) is 3.39. The Morgan fingerprint density at radius 3 is 2.79 bits per heavy atom. The number of nitrogens with zero attached hydrogens (tertiary/aromatic N) is 2. The Hall–Kier alpha value is -2.15. The minimum absolute atomic E-state index is 0.0699. The zero-order chi connectivity index (χ0) is 14.2. The molecule has 1 aromatic carbocycles. The summed E-state index contributed by atoms with van der Waals surface area (Å²) in [5.74, 6) is -1.09. The van der Waals surface area contributed by atoms with E-state index in [0.717, 1.165) is 5.56 Å². The fourth-order valence-electron chi connectivity index (χ4n) is 2.33. The number of nitro benzene ring substituents is 1. The van der Waals surface area contributed by atoms with Crippen LogP contribution in [0.5, 0.6) is 0 Å². The normalized spacial score (nSPS) is 22.5. The van der Waals surface area contributed by atoms with Crippen molar-refractivity contribution in [1.82, 2.24) is 0 Å². The number of aliphatic carboxylic acids is 1. The number of β-amino-alcohol motifs (C(OH)–C–C–N with tert-alkyl or cyclic N) is 1. The lowest BCUT2D eigenvalue weighted by Gasteiger charge is -2.23.